The molecule has 0 unspecified atom stereocenters. The summed E-state index contributed by atoms with van der Waals surface area (Å²) in [5.74, 6) is 1.14. The van der Waals surface area contributed by atoms with Crippen molar-refractivity contribution in [2.45, 2.75) is 26.4 Å². The fourth-order valence-electron chi connectivity index (χ4n) is 5.48. The molecular formula is C31H26ClN9O3. The number of amides is 2. The van der Waals surface area contributed by atoms with Gasteiger partial charge in [0.05, 0.1) is 40.5 Å². The van der Waals surface area contributed by atoms with Crippen molar-refractivity contribution in [3.8, 4) is 11.6 Å². The molecule has 2 aromatic carbocycles. The Hall–Kier alpha value is -5.36. The van der Waals surface area contributed by atoms with Crippen LogP contribution in [0.25, 0.3) is 27.6 Å². The Bertz CT molecular complexity index is 2050. The van der Waals surface area contributed by atoms with Gasteiger partial charge in [-0.2, -0.15) is 5.10 Å². The summed E-state index contributed by atoms with van der Waals surface area (Å²) in [4.78, 5) is 36.1. The van der Waals surface area contributed by atoms with E-state index in [0.717, 1.165) is 27.4 Å². The average Bonchev–Trinajstić information content (AvgIpc) is 3.75. The number of hydrogen-bond donors (Lipinski definition) is 1. The van der Waals surface area contributed by atoms with E-state index in [1.807, 2.05) is 36.0 Å². The first kappa shape index (κ1) is 27.5. The summed E-state index contributed by atoms with van der Waals surface area (Å²) in [7, 11) is 1.58. The number of imidazole rings is 1. The molecule has 1 N–H and O–H groups in total. The number of pyridine rings is 1. The molecule has 0 bridgehead atoms. The van der Waals surface area contributed by atoms with Crippen LogP contribution in [0.2, 0.25) is 5.02 Å². The van der Waals surface area contributed by atoms with Gasteiger partial charge in [-0.3, -0.25) is 19.1 Å². The molecule has 0 spiro atoms. The molecule has 2 amide bonds. The third-order valence-corrected chi connectivity index (χ3v) is 8.01. The van der Waals surface area contributed by atoms with E-state index in [9.17, 15) is 9.59 Å². The lowest BCUT2D eigenvalue weighted by Crippen LogP contribution is -2.31. The molecule has 220 valence electrons. The third-order valence-electron chi connectivity index (χ3n) is 7.71. The molecule has 0 saturated carbocycles. The summed E-state index contributed by atoms with van der Waals surface area (Å²) in [5, 5.41) is 20.0. The zero-order valence-electron chi connectivity index (χ0n) is 23.9. The minimum Gasteiger partial charge on any atom is -0.495 e. The van der Waals surface area contributed by atoms with Crippen molar-refractivity contribution in [1.82, 2.24) is 39.4 Å². The molecule has 5 heterocycles. The van der Waals surface area contributed by atoms with Crippen LogP contribution in [-0.2, 0) is 19.5 Å². The number of hydrogen-bond acceptors (Lipinski definition) is 9. The summed E-state index contributed by atoms with van der Waals surface area (Å²) in [6, 6.07) is 12.5. The maximum Gasteiger partial charge on any atom is 0.261 e. The van der Waals surface area contributed by atoms with Crippen LogP contribution >= 0.6 is 11.6 Å². The van der Waals surface area contributed by atoms with Crippen LogP contribution in [0.3, 0.4) is 0 Å². The number of nitrogens with one attached hydrogen (secondary N) is 1. The predicted molar refractivity (Wildman–Crippen MR) is 164 cm³/mol. The molecule has 0 atom stereocenters. The fraction of sp³-hybridized carbons (Fsp3) is 0.194. The van der Waals surface area contributed by atoms with Gasteiger partial charge in [-0.25, -0.2) is 14.6 Å². The largest absolute Gasteiger partial charge is 0.495 e. The standard InChI is InChI=1S/C31H26ClN9O3/c1-3-41-28-23(15-36-41)26-22(14-34-28)29(38-37-27(26)33-13-18-8-9-25(44-2)24(32)12-18)39-16-19(35-17-39)10-11-40-30(42)20-6-4-5-7-21(20)31(40)43/h4-9,12,14-17H,3,10-11,13H2,1-2H3,(H,33,37). The van der Waals surface area contributed by atoms with E-state index in [1.165, 1.54) is 4.90 Å². The van der Waals surface area contributed by atoms with Gasteiger partial charge in [-0.1, -0.05) is 29.8 Å². The van der Waals surface area contributed by atoms with Gasteiger partial charge >= 0.3 is 0 Å². The monoisotopic (exact) mass is 607 g/mol. The van der Waals surface area contributed by atoms with Crippen molar-refractivity contribution < 1.29 is 14.3 Å². The van der Waals surface area contributed by atoms with Crippen molar-refractivity contribution in [2.24, 2.45) is 0 Å². The predicted octanol–water partition coefficient (Wildman–Crippen LogP) is 4.69. The van der Waals surface area contributed by atoms with Gasteiger partial charge < -0.3 is 10.1 Å². The van der Waals surface area contributed by atoms with Gasteiger partial charge in [0, 0.05) is 49.2 Å². The van der Waals surface area contributed by atoms with Crippen molar-refractivity contribution in [3.05, 3.63) is 94.8 Å². The van der Waals surface area contributed by atoms with E-state index < -0.39 is 0 Å². The second kappa shape index (κ2) is 11.0. The number of carbonyl (C=O) groups excluding carboxylic acids is 2. The number of rotatable bonds is 9. The maximum absolute atomic E-state index is 12.8. The van der Waals surface area contributed by atoms with Gasteiger partial charge in [-0.15, -0.1) is 10.2 Å². The number of aromatic nitrogens is 7. The minimum atomic E-state index is -0.287. The summed E-state index contributed by atoms with van der Waals surface area (Å²) >= 11 is 6.34. The Kier molecular flexibility index (Phi) is 6.90. The highest BCUT2D eigenvalue weighted by Gasteiger charge is 2.34. The number of imide groups is 1. The molecule has 0 radical (unpaired) electrons. The Morgan fingerprint density at radius 2 is 1.77 bits per heavy atom. The Morgan fingerprint density at radius 3 is 2.50 bits per heavy atom. The van der Waals surface area contributed by atoms with Gasteiger partial charge in [0.2, 0.25) is 0 Å². The molecule has 0 fully saturated rings. The number of halogens is 1. The van der Waals surface area contributed by atoms with E-state index in [-0.39, 0.29) is 18.4 Å². The number of fused-ring (bicyclic) bond motifs is 4. The summed E-state index contributed by atoms with van der Waals surface area (Å²) < 4.78 is 8.88. The van der Waals surface area contributed by atoms with E-state index in [1.54, 1.807) is 54.7 Å². The van der Waals surface area contributed by atoms with Crippen LogP contribution < -0.4 is 10.1 Å². The first-order valence-electron chi connectivity index (χ1n) is 14.0. The van der Waals surface area contributed by atoms with E-state index >= 15 is 0 Å². The van der Waals surface area contributed by atoms with Crippen LogP contribution in [0.1, 0.15) is 38.9 Å². The quantitative estimate of drug-likeness (QED) is 0.232. The number of anilines is 1. The zero-order chi connectivity index (χ0) is 30.4. The van der Waals surface area contributed by atoms with Crippen molar-refractivity contribution >= 4 is 51.0 Å². The number of methoxy groups -OCH3 is 1. The number of aryl methyl sites for hydroxylation is 1. The highest BCUT2D eigenvalue weighted by molar-refractivity contribution is 6.32. The molecule has 1 aliphatic rings. The number of nitrogens with zero attached hydrogens (tertiary/aromatic N) is 8. The zero-order valence-corrected chi connectivity index (χ0v) is 24.6. The van der Waals surface area contributed by atoms with Crippen LogP contribution in [0.15, 0.2) is 67.4 Å². The molecule has 1 aliphatic heterocycles. The molecule has 13 heteroatoms. The topological polar surface area (TPSA) is 133 Å². The lowest BCUT2D eigenvalue weighted by atomic mass is 10.1. The van der Waals surface area contributed by atoms with Crippen LogP contribution in [0.4, 0.5) is 5.82 Å². The maximum atomic E-state index is 12.8. The molecule has 7 rings (SSSR count). The SMILES string of the molecule is CCn1ncc2c3c(NCc4ccc(OC)c(Cl)c4)nnc(-n4cnc(CCN5C(=O)c6ccccc6C5=O)c4)c3cnc21. The molecule has 12 nitrogen and oxygen atoms in total. The van der Waals surface area contributed by atoms with E-state index in [4.69, 9.17) is 21.3 Å². The summed E-state index contributed by atoms with van der Waals surface area (Å²) in [6.45, 7) is 3.34. The number of benzene rings is 2. The van der Waals surface area contributed by atoms with Gasteiger partial charge in [0.25, 0.3) is 11.8 Å². The van der Waals surface area contributed by atoms with Gasteiger partial charge in [0.1, 0.15) is 12.1 Å². The fourth-order valence-corrected chi connectivity index (χ4v) is 5.76. The van der Waals surface area contributed by atoms with Crippen molar-refractivity contribution in [1.29, 1.82) is 0 Å². The van der Waals surface area contributed by atoms with Crippen molar-refractivity contribution in [3.63, 3.8) is 0 Å². The number of ether oxygens (including phenoxy) is 1. The highest BCUT2D eigenvalue weighted by atomic mass is 35.5. The molecule has 6 aromatic rings. The van der Waals surface area contributed by atoms with Crippen LogP contribution in [0.5, 0.6) is 5.75 Å². The lowest BCUT2D eigenvalue weighted by molar-refractivity contribution is 0.0656. The second-order valence-corrected chi connectivity index (χ2v) is 10.7. The van der Waals surface area contributed by atoms with E-state index in [2.05, 4.69) is 25.6 Å². The minimum absolute atomic E-state index is 0.215. The van der Waals surface area contributed by atoms with Crippen molar-refractivity contribution in [2.75, 3.05) is 19.0 Å². The molecule has 0 aliphatic carbocycles. The summed E-state index contributed by atoms with van der Waals surface area (Å²) in [5.41, 5.74) is 3.24. The average molecular weight is 608 g/mol. The smallest absolute Gasteiger partial charge is 0.261 e. The van der Waals surface area contributed by atoms with Gasteiger partial charge in [-0.05, 0) is 36.8 Å². The molecule has 44 heavy (non-hydrogen) atoms. The third kappa shape index (κ3) is 4.60. The Balaban J connectivity index is 1.19. The Morgan fingerprint density at radius 1 is 0.977 bits per heavy atom. The lowest BCUT2D eigenvalue weighted by Gasteiger charge is -2.13. The molecule has 0 saturated heterocycles. The van der Waals surface area contributed by atoms with E-state index in [0.29, 0.717) is 58.7 Å². The van der Waals surface area contributed by atoms with Crippen LogP contribution in [-0.4, -0.2) is 64.9 Å². The number of carbonyl (C=O) groups is 2. The normalized spacial score (nSPS) is 12.8. The van der Waals surface area contributed by atoms with Gasteiger partial charge in [0.15, 0.2) is 17.3 Å². The van der Waals surface area contributed by atoms with Crippen LogP contribution in [0, 0.1) is 0 Å². The Labute approximate surface area is 256 Å². The summed E-state index contributed by atoms with van der Waals surface area (Å²) in [6.07, 6.45) is 7.42. The highest BCUT2D eigenvalue weighted by Crippen LogP contribution is 2.32. The first-order valence-corrected chi connectivity index (χ1v) is 14.4. The molecule has 4 aromatic heterocycles. The second-order valence-electron chi connectivity index (χ2n) is 10.3. The molecular weight excluding hydrogens is 582 g/mol. The first-order chi connectivity index (χ1) is 21.5.